The van der Waals surface area contributed by atoms with Crippen LogP contribution in [0.1, 0.15) is 49.7 Å². The number of fused-ring (bicyclic) bond motifs is 1. The minimum Gasteiger partial charge on any atom is -0.368 e. The minimum absolute atomic E-state index is 0.430. The van der Waals surface area contributed by atoms with Crippen LogP contribution < -0.4 is 25.3 Å². The summed E-state index contributed by atoms with van der Waals surface area (Å²) < 4.78 is 0. The molecule has 0 amide bonds. The normalized spacial score (nSPS) is 18.2. The number of piperazine rings is 1. The number of para-hydroxylation sites is 1. The highest BCUT2D eigenvalue weighted by molar-refractivity contribution is 7.80. The second kappa shape index (κ2) is 11.6. The second-order valence-corrected chi connectivity index (χ2v) is 11.0. The van der Waals surface area contributed by atoms with E-state index in [2.05, 4.69) is 86.0 Å². The lowest BCUT2D eigenvalue weighted by Gasteiger charge is -2.37. The maximum absolute atomic E-state index is 5.73. The van der Waals surface area contributed by atoms with Crippen molar-refractivity contribution in [3.8, 4) is 0 Å². The lowest BCUT2D eigenvalue weighted by Crippen LogP contribution is -2.47. The molecule has 0 spiro atoms. The van der Waals surface area contributed by atoms with E-state index in [9.17, 15) is 0 Å². The van der Waals surface area contributed by atoms with Crippen LogP contribution >= 0.6 is 12.2 Å². The zero-order valence-electron chi connectivity index (χ0n) is 22.0. The first-order chi connectivity index (χ1) is 18.7. The van der Waals surface area contributed by atoms with Crippen molar-refractivity contribution in [2.75, 3.05) is 46.2 Å². The Balaban J connectivity index is 1.20. The number of nitrogens with zero attached hydrogens (tertiary/aromatic N) is 5. The molecule has 0 atom stereocenters. The topological polar surface area (TPSA) is 59.6 Å². The third-order valence-electron chi connectivity index (χ3n) is 8.00. The summed E-state index contributed by atoms with van der Waals surface area (Å²) in [6.07, 6.45) is 7.52. The van der Waals surface area contributed by atoms with E-state index in [-0.39, 0.29) is 0 Å². The molecule has 8 heteroatoms. The Bertz CT molecular complexity index is 1210. The Labute approximate surface area is 231 Å². The summed E-state index contributed by atoms with van der Waals surface area (Å²) >= 11 is 5.73. The van der Waals surface area contributed by atoms with Gasteiger partial charge in [0.2, 0.25) is 5.95 Å². The molecule has 3 aromatic rings. The third-order valence-corrected chi connectivity index (χ3v) is 8.22. The third kappa shape index (κ3) is 5.85. The molecule has 6 rings (SSSR count). The Hall–Kier alpha value is -3.39. The number of hydrogen-bond acceptors (Lipinski definition) is 6. The molecule has 2 aromatic carbocycles. The highest BCUT2D eigenvalue weighted by atomic mass is 32.1. The molecule has 0 unspecified atom stereocenters. The minimum atomic E-state index is 0.430. The molecule has 38 heavy (non-hydrogen) atoms. The van der Waals surface area contributed by atoms with Gasteiger partial charge in [0, 0.05) is 57.1 Å². The molecule has 198 valence electrons. The number of aromatic nitrogens is 2. The summed E-state index contributed by atoms with van der Waals surface area (Å²) in [6.45, 7) is 5.47. The monoisotopic (exact) mass is 527 g/mol. The van der Waals surface area contributed by atoms with Crippen LogP contribution in [0.2, 0.25) is 0 Å². The van der Waals surface area contributed by atoms with Crippen molar-refractivity contribution in [1.29, 1.82) is 0 Å². The highest BCUT2D eigenvalue weighted by Gasteiger charge is 2.24. The van der Waals surface area contributed by atoms with Gasteiger partial charge in [-0.15, -0.1) is 0 Å². The van der Waals surface area contributed by atoms with Crippen LogP contribution in [0.3, 0.4) is 0 Å². The van der Waals surface area contributed by atoms with E-state index in [0.29, 0.717) is 17.1 Å². The predicted molar refractivity (Wildman–Crippen MR) is 160 cm³/mol. The molecule has 2 N–H and O–H groups in total. The van der Waals surface area contributed by atoms with Gasteiger partial charge in [0.15, 0.2) is 5.11 Å². The van der Waals surface area contributed by atoms with Gasteiger partial charge in [0.1, 0.15) is 11.6 Å². The van der Waals surface area contributed by atoms with Gasteiger partial charge in [0.05, 0.1) is 0 Å². The summed E-state index contributed by atoms with van der Waals surface area (Å²) in [5, 5.41) is 7.51. The fourth-order valence-corrected chi connectivity index (χ4v) is 6.13. The summed E-state index contributed by atoms with van der Waals surface area (Å²) in [5.41, 5.74) is 4.01. The number of nitrogens with one attached hydrogen (secondary N) is 2. The van der Waals surface area contributed by atoms with E-state index < -0.39 is 0 Å². The van der Waals surface area contributed by atoms with Gasteiger partial charge in [-0.1, -0.05) is 68.1 Å². The largest absolute Gasteiger partial charge is 0.368 e. The fraction of sp³-hybridized carbons (Fsp3) is 0.433. The summed E-state index contributed by atoms with van der Waals surface area (Å²) in [5.74, 6) is 2.47. The molecule has 2 fully saturated rings. The molecule has 1 saturated carbocycles. The van der Waals surface area contributed by atoms with Crippen LogP contribution in [-0.4, -0.2) is 47.3 Å². The van der Waals surface area contributed by atoms with Crippen LogP contribution in [-0.2, 0) is 13.1 Å². The van der Waals surface area contributed by atoms with Crippen molar-refractivity contribution in [3.63, 3.8) is 0 Å². The van der Waals surface area contributed by atoms with E-state index >= 15 is 0 Å². The van der Waals surface area contributed by atoms with Crippen LogP contribution in [0.4, 0.5) is 23.3 Å². The van der Waals surface area contributed by atoms with Crippen molar-refractivity contribution >= 4 is 40.6 Å². The predicted octanol–water partition coefficient (Wildman–Crippen LogP) is 5.33. The van der Waals surface area contributed by atoms with E-state index in [0.717, 1.165) is 50.9 Å². The van der Waals surface area contributed by atoms with E-state index in [4.69, 9.17) is 22.2 Å². The van der Waals surface area contributed by atoms with Gasteiger partial charge in [-0.2, -0.15) is 9.97 Å². The summed E-state index contributed by atoms with van der Waals surface area (Å²) in [7, 11) is 0. The molecule has 3 aliphatic rings. The number of thiocarbonyl (C=S) groups is 1. The molecular weight excluding hydrogens is 490 g/mol. The highest BCUT2D eigenvalue weighted by Crippen LogP contribution is 2.30. The standard InChI is InChI=1S/C30H37N7S/c38-30(31-25-12-4-1-2-5-13-25)34-29-32-27(36-18-16-35(17-19-36)26-14-6-3-7-15-26)20-28(33-29)37-21-23-10-8-9-11-24(23)22-37/h3,6-11,14-15,20,25H,1-2,4-5,12-13,16-19,21-22H2,(H2,31,32,33,34,38). The molecule has 1 aliphatic carbocycles. The number of rotatable bonds is 5. The molecule has 0 bridgehead atoms. The quantitative estimate of drug-likeness (QED) is 0.341. The molecule has 7 nitrogen and oxygen atoms in total. The number of benzene rings is 2. The summed E-state index contributed by atoms with van der Waals surface area (Å²) in [6, 6.07) is 21.9. The van der Waals surface area contributed by atoms with Crippen LogP contribution in [0.5, 0.6) is 0 Å². The van der Waals surface area contributed by atoms with Gasteiger partial charge in [-0.3, -0.25) is 0 Å². The first-order valence-corrected chi connectivity index (χ1v) is 14.5. The van der Waals surface area contributed by atoms with E-state index in [1.165, 1.54) is 55.3 Å². The van der Waals surface area contributed by atoms with Gasteiger partial charge in [0.25, 0.3) is 0 Å². The second-order valence-electron chi connectivity index (χ2n) is 10.6. The van der Waals surface area contributed by atoms with E-state index in [1.807, 2.05) is 0 Å². The Morgan fingerprint density at radius 1 is 0.711 bits per heavy atom. The van der Waals surface area contributed by atoms with Gasteiger partial charge in [-0.05, 0) is 48.3 Å². The smallest absolute Gasteiger partial charge is 0.232 e. The van der Waals surface area contributed by atoms with Gasteiger partial charge < -0.3 is 25.3 Å². The Kier molecular flexibility index (Phi) is 7.58. The van der Waals surface area contributed by atoms with Crippen LogP contribution in [0.25, 0.3) is 0 Å². The molecular formula is C30H37N7S. The van der Waals surface area contributed by atoms with Crippen LogP contribution in [0, 0.1) is 0 Å². The van der Waals surface area contributed by atoms with Crippen molar-refractivity contribution in [1.82, 2.24) is 15.3 Å². The van der Waals surface area contributed by atoms with E-state index in [1.54, 1.807) is 0 Å². The molecule has 1 aromatic heterocycles. The van der Waals surface area contributed by atoms with Crippen molar-refractivity contribution in [3.05, 3.63) is 71.8 Å². The Morgan fingerprint density at radius 2 is 1.29 bits per heavy atom. The number of anilines is 4. The zero-order chi connectivity index (χ0) is 25.7. The Morgan fingerprint density at radius 3 is 1.95 bits per heavy atom. The first kappa shape index (κ1) is 24.9. The maximum atomic E-state index is 5.73. The first-order valence-electron chi connectivity index (χ1n) is 14.0. The molecule has 1 saturated heterocycles. The molecule has 3 heterocycles. The lowest BCUT2D eigenvalue weighted by molar-refractivity contribution is 0.535. The summed E-state index contributed by atoms with van der Waals surface area (Å²) in [4.78, 5) is 17.1. The van der Waals surface area contributed by atoms with Gasteiger partial charge in [-0.25, -0.2) is 0 Å². The van der Waals surface area contributed by atoms with Crippen molar-refractivity contribution < 1.29 is 0 Å². The number of hydrogen-bond donors (Lipinski definition) is 2. The fourth-order valence-electron chi connectivity index (χ4n) is 5.88. The van der Waals surface area contributed by atoms with Crippen LogP contribution in [0.15, 0.2) is 60.7 Å². The average Bonchev–Trinajstić information content (AvgIpc) is 3.24. The SMILES string of the molecule is S=C(Nc1nc(N2CCN(c3ccccc3)CC2)cc(N2Cc3ccccc3C2)n1)NC1CCCCCC1. The lowest BCUT2D eigenvalue weighted by atomic mass is 10.1. The van der Waals surface area contributed by atoms with Gasteiger partial charge >= 0.3 is 0 Å². The van der Waals surface area contributed by atoms with Crippen molar-refractivity contribution in [2.45, 2.75) is 57.7 Å². The maximum Gasteiger partial charge on any atom is 0.232 e. The zero-order valence-corrected chi connectivity index (χ0v) is 22.8. The van der Waals surface area contributed by atoms with Crippen molar-refractivity contribution in [2.24, 2.45) is 0 Å². The molecule has 2 aliphatic heterocycles. The average molecular weight is 528 g/mol. The molecule has 0 radical (unpaired) electrons.